The first-order valence-corrected chi connectivity index (χ1v) is 7.80. The zero-order chi connectivity index (χ0) is 16.1. The Labute approximate surface area is 136 Å². The van der Waals surface area contributed by atoms with Gasteiger partial charge in [-0.3, -0.25) is 0 Å². The lowest BCUT2D eigenvalue weighted by Crippen LogP contribution is -2.37. The van der Waals surface area contributed by atoms with Crippen molar-refractivity contribution in [2.45, 2.75) is 13.5 Å². The van der Waals surface area contributed by atoms with Crippen molar-refractivity contribution >= 4 is 11.8 Å². The van der Waals surface area contributed by atoms with Gasteiger partial charge in [0.25, 0.3) is 0 Å². The number of anilines is 2. The average molecular weight is 314 g/mol. The number of rotatable bonds is 5. The predicted molar refractivity (Wildman–Crippen MR) is 90.1 cm³/mol. The van der Waals surface area contributed by atoms with Crippen molar-refractivity contribution < 1.29 is 9.47 Å². The van der Waals surface area contributed by atoms with Crippen LogP contribution in [-0.4, -0.2) is 43.4 Å². The Bertz CT molecular complexity index is 640. The molecule has 122 valence electrons. The van der Waals surface area contributed by atoms with E-state index in [0.29, 0.717) is 6.54 Å². The molecule has 1 saturated heterocycles. The van der Waals surface area contributed by atoms with E-state index < -0.39 is 0 Å². The van der Waals surface area contributed by atoms with Gasteiger partial charge in [-0.05, 0) is 24.6 Å². The lowest BCUT2D eigenvalue weighted by Gasteiger charge is -2.27. The van der Waals surface area contributed by atoms with Crippen LogP contribution in [0.2, 0.25) is 0 Å². The minimum absolute atomic E-state index is 0.711. The average Bonchev–Trinajstić information content (AvgIpc) is 2.61. The molecule has 1 N–H and O–H groups in total. The number of nitrogens with zero attached hydrogens (tertiary/aromatic N) is 3. The molecule has 0 radical (unpaired) electrons. The summed E-state index contributed by atoms with van der Waals surface area (Å²) in [5.74, 6) is 2.47. The first kappa shape index (κ1) is 15.6. The van der Waals surface area contributed by atoms with Crippen molar-refractivity contribution in [3.63, 3.8) is 0 Å². The third-order valence-corrected chi connectivity index (χ3v) is 3.77. The van der Waals surface area contributed by atoms with E-state index in [9.17, 15) is 0 Å². The van der Waals surface area contributed by atoms with Crippen LogP contribution < -0.4 is 15.0 Å². The summed E-state index contributed by atoms with van der Waals surface area (Å²) in [7, 11) is 1.67. The molecular weight excluding hydrogens is 292 g/mol. The van der Waals surface area contributed by atoms with E-state index in [-0.39, 0.29) is 0 Å². The molecule has 2 aromatic rings. The Morgan fingerprint density at radius 2 is 1.91 bits per heavy atom. The SMILES string of the molecule is COc1ccc(CNc2cc(C)nc(N3CCOCC3)n2)cc1. The van der Waals surface area contributed by atoms with Crippen LogP contribution in [0.3, 0.4) is 0 Å². The molecule has 6 heteroatoms. The Balaban J connectivity index is 1.68. The van der Waals surface area contributed by atoms with Crippen LogP contribution in [0.4, 0.5) is 11.8 Å². The van der Waals surface area contributed by atoms with E-state index in [0.717, 1.165) is 49.5 Å². The lowest BCUT2D eigenvalue weighted by atomic mass is 10.2. The summed E-state index contributed by atoms with van der Waals surface area (Å²) in [6, 6.07) is 9.97. The van der Waals surface area contributed by atoms with Gasteiger partial charge in [-0.1, -0.05) is 12.1 Å². The van der Waals surface area contributed by atoms with E-state index in [1.54, 1.807) is 7.11 Å². The third-order valence-electron chi connectivity index (χ3n) is 3.77. The van der Waals surface area contributed by atoms with Gasteiger partial charge in [-0.2, -0.15) is 4.98 Å². The second-order valence-electron chi connectivity index (χ2n) is 5.50. The van der Waals surface area contributed by atoms with Crippen LogP contribution in [0.5, 0.6) is 5.75 Å². The largest absolute Gasteiger partial charge is 0.497 e. The molecule has 3 rings (SSSR count). The fourth-order valence-corrected chi connectivity index (χ4v) is 2.48. The molecule has 0 spiro atoms. The molecule has 1 aromatic heterocycles. The quantitative estimate of drug-likeness (QED) is 0.913. The van der Waals surface area contributed by atoms with Gasteiger partial charge < -0.3 is 19.7 Å². The van der Waals surface area contributed by atoms with Crippen molar-refractivity contribution in [3.05, 3.63) is 41.6 Å². The fourth-order valence-electron chi connectivity index (χ4n) is 2.48. The van der Waals surface area contributed by atoms with Gasteiger partial charge >= 0.3 is 0 Å². The highest BCUT2D eigenvalue weighted by Crippen LogP contribution is 2.17. The zero-order valence-corrected chi connectivity index (χ0v) is 13.6. The molecule has 1 fully saturated rings. The van der Waals surface area contributed by atoms with Gasteiger partial charge in [-0.25, -0.2) is 4.98 Å². The molecule has 0 bridgehead atoms. The monoisotopic (exact) mass is 314 g/mol. The molecule has 0 atom stereocenters. The van der Waals surface area contributed by atoms with Gasteiger partial charge in [0.2, 0.25) is 5.95 Å². The molecule has 0 unspecified atom stereocenters. The topological polar surface area (TPSA) is 59.5 Å². The van der Waals surface area contributed by atoms with Gasteiger partial charge in [0.1, 0.15) is 11.6 Å². The minimum Gasteiger partial charge on any atom is -0.497 e. The Morgan fingerprint density at radius 1 is 1.17 bits per heavy atom. The highest BCUT2D eigenvalue weighted by molar-refractivity contribution is 5.44. The first-order chi connectivity index (χ1) is 11.2. The molecule has 1 aliphatic heterocycles. The van der Waals surface area contributed by atoms with Crippen LogP contribution >= 0.6 is 0 Å². The highest BCUT2D eigenvalue weighted by atomic mass is 16.5. The summed E-state index contributed by atoms with van der Waals surface area (Å²) in [6.45, 7) is 5.83. The minimum atomic E-state index is 0.711. The first-order valence-electron chi connectivity index (χ1n) is 7.80. The maximum Gasteiger partial charge on any atom is 0.227 e. The predicted octanol–water partition coefficient (Wildman–Crippen LogP) is 2.24. The van der Waals surface area contributed by atoms with Crippen LogP contribution in [0.25, 0.3) is 0 Å². The van der Waals surface area contributed by atoms with E-state index in [2.05, 4.69) is 20.2 Å². The number of hydrogen-bond acceptors (Lipinski definition) is 6. The van der Waals surface area contributed by atoms with E-state index in [1.165, 1.54) is 5.56 Å². The summed E-state index contributed by atoms with van der Waals surface area (Å²) in [5.41, 5.74) is 2.13. The maximum absolute atomic E-state index is 5.38. The van der Waals surface area contributed by atoms with Crippen LogP contribution in [0, 0.1) is 6.92 Å². The number of ether oxygens (including phenoxy) is 2. The van der Waals surface area contributed by atoms with E-state index in [1.807, 2.05) is 37.3 Å². The second-order valence-corrected chi connectivity index (χ2v) is 5.50. The molecule has 2 heterocycles. The third kappa shape index (κ3) is 4.10. The number of benzene rings is 1. The Kier molecular flexibility index (Phi) is 4.92. The summed E-state index contributed by atoms with van der Waals surface area (Å²) >= 11 is 0. The molecular formula is C17H22N4O2. The van der Waals surface area contributed by atoms with Gasteiger partial charge in [-0.15, -0.1) is 0 Å². The van der Waals surface area contributed by atoms with Gasteiger partial charge in [0.15, 0.2) is 0 Å². The Hall–Kier alpha value is -2.34. The molecule has 23 heavy (non-hydrogen) atoms. The van der Waals surface area contributed by atoms with Crippen LogP contribution in [0.15, 0.2) is 30.3 Å². The van der Waals surface area contributed by atoms with Crippen molar-refractivity contribution in [3.8, 4) is 5.75 Å². The molecule has 0 amide bonds. The Morgan fingerprint density at radius 3 is 2.61 bits per heavy atom. The summed E-state index contributed by atoms with van der Waals surface area (Å²) in [6.07, 6.45) is 0. The van der Waals surface area contributed by atoms with Crippen molar-refractivity contribution in [2.24, 2.45) is 0 Å². The summed E-state index contributed by atoms with van der Waals surface area (Å²) in [4.78, 5) is 11.3. The molecule has 1 aromatic carbocycles. The number of hydrogen-bond donors (Lipinski definition) is 1. The van der Waals surface area contributed by atoms with Crippen molar-refractivity contribution in [2.75, 3.05) is 43.6 Å². The number of morpholine rings is 1. The van der Waals surface area contributed by atoms with Crippen molar-refractivity contribution in [1.29, 1.82) is 0 Å². The smallest absolute Gasteiger partial charge is 0.227 e. The number of aryl methyl sites for hydroxylation is 1. The zero-order valence-electron chi connectivity index (χ0n) is 13.6. The lowest BCUT2D eigenvalue weighted by molar-refractivity contribution is 0.122. The van der Waals surface area contributed by atoms with Crippen molar-refractivity contribution in [1.82, 2.24) is 9.97 Å². The van der Waals surface area contributed by atoms with Gasteiger partial charge in [0, 0.05) is 31.4 Å². The fraction of sp³-hybridized carbons (Fsp3) is 0.412. The molecule has 6 nitrogen and oxygen atoms in total. The highest BCUT2D eigenvalue weighted by Gasteiger charge is 2.14. The number of methoxy groups -OCH3 is 1. The van der Waals surface area contributed by atoms with E-state index >= 15 is 0 Å². The van der Waals surface area contributed by atoms with Crippen LogP contribution in [0.1, 0.15) is 11.3 Å². The second kappa shape index (κ2) is 7.28. The normalized spacial score (nSPS) is 14.6. The molecule has 1 aliphatic rings. The number of nitrogens with one attached hydrogen (secondary N) is 1. The summed E-state index contributed by atoms with van der Waals surface area (Å²) < 4.78 is 10.6. The van der Waals surface area contributed by atoms with E-state index in [4.69, 9.17) is 9.47 Å². The standard InChI is InChI=1S/C17H22N4O2/c1-13-11-16(18-12-14-3-5-15(22-2)6-4-14)20-17(19-13)21-7-9-23-10-8-21/h3-6,11H,7-10,12H2,1-2H3,(H,18,19,20). The number of aromatic nitrogens is 2. The van der Waals surface area contributed by atoms with Crippen LogP contribution in [-0.2, 0) is 11.3 Å². The molecule has 0 aliphatic carbocycles. The maximum atomic E-state index is 5.38. The summed E-state index contributed by atoms with van der Waals surface area (Å²) in [5, 5.41) is 3.37. The molecule has 0 saturated carbocycles. The van der Waals surface area contributed by atoms with Gasteiger partial charge in [0.05, 0.1) is 20.3 Å².